The number of H-pyrrole nitrogens is 1. The third-order valence-electron chi connectivity index (χ3n) is 4.87. The molecule has 0 saturated heterocycles. The Morgan fingerprint density at radius 2 is 2.04 bits per heavy atom. The van der Waals surface area contributed by atoms with Gasteiger partial charge in [-0.3, -0.25) is 5.10 Å². The van der Waals surface area contributed by atoms with E-state index in [1.54, 1.807) is 13.3 Å². The van der Waals surface area contributed by atoms with Crippen LogP contribution in [0.4, 0.5) is 5.82 Å². The van der Waals surface area contributed by atoms with Gasteiger partial charge in [-0.15, -0.1) is 0 Å². The van der Waals surface area contributed by atoms with Crippen molar-refractivity contribution in [3.8, 4) is 5.75 Å². The van der Waals surface area contributed by atoms with Crippen LogP contribution in [0.1, 0.15) is 22.6 Å². The summed E-state index contributed by atoms with van der Waals surface area (Å²) >= 11 is 0. The fourth-order valence-electron chi connectivity index (χ4n) is 3.59. The second-order valence-electron chi connectivity index (χ2n) is 6.34. The predicted octanol–water partition coefficient (Wildman–Crippen LogP) is 3.80. The first-order valence-corrected chi connectivity index (χ1v) is 8.57. The Morgan fingerprint density at radius 3 is 2.89 bits per heavy atom. The van der Waals surface area contributed by atoms with E-state index in [-0.39, 0.29) is 5.92 Å². The highest BCUT2D eigenvalue weighted by Gasteiger charge is 2.34. The average Bonchev–Trinajstić information content (AvgIpc) is 3.41. The molecule has 0 amide bonds. The van der Waals surface area contributed by atoms with Gasteiger partial charge in [0.2, 0.25) is 5.70 Å². The zero-order valence-corrected chi connectivity index (χ0v) is 14.8. The number of aromatic amines is 1. The molecule has 0 fully saturated rings. The Hall–Kier alpha value is -4.12. The number of hydrogen-bond donors (Lipinski definition) is 2. The summed E-state index contributed by atoms with van der Waals surface area (Å²) in [4.78, 5) is 3.89. The van der Waals surface area contributed by atoms with Crippen molar-refractivity contribution in [1.82, 2.24) is 20.5 Å². The summed E-state index contributed by atoms with van der Waals surface area (Å²) < 4.78 is 10.3. The number of nitrogens with zero attached hydrogens (tertiary/aromatic N) is 4. The van der Waals surface area contributed by atoms with E-state index < -0.39 is 0 Å². The van der Waals surface area contributed by atoms with Crippen LogP contribution in [0.15, 0.2) is 59.0 Å². The summed E-state index contributed by atoms with van der Waals surface area (Å²) in [7, 11) is 1.62. The molecule has 8 heteroatoms. The number of allylic oxidation sites excluding steroid dienone is 1. The molecule has 0 bridgehead atoms. The smallest absolute Gasteiger partial charge is 0.200 e. The second-order valence-corrected chi connectivity index (χ2v) is 6.34. The molecule has 0 spiro atoms. The number of anilines is 1. The van der Waals surface area contributed by atoms with Crippen LogP contribution < -0.4 is 10.1 Å². The van der Waals surface area contributed by atoms with E-state index in [0.29, 0.717) is 28.2 Å². The molecule has 0 saturated carbocycles. The van der Waals surface area contributed by atoms with Gasteiger partial charge in [0, 0.05) is 11.3 Å². The molecule has 2 aromatic heterocycles. The maximum atomic E-state index is 7.93. The molecule has 1 atom stereocenters. The molecular formula is C20H14N6O2. The van der Waals surface area contributed by atoms with Crippen LogP contribution >= 0.6 is 0 Å². The van der Waals surface area contributed by atoms with Gasteiger partial charge in [0.1, 0.15) is 22.6 Å². The van der Waals surface area contributed by atoms with Crippen molar-refractivity contribution in [2.24, 2.45) is 0 Å². The topological polar surface area (TPSA) is 93.2 Å². The number of aromatic nitrogens is 4. The van der Waals surface area contributed by atoms with Gasteiger partial charge in [-0.05, 0) is 39.6 Å². The number of benzene rings is 2. The Bertz CT molecular complexity index is 1260. The molecule has 0 radical (unpaired) electrons. The summed E-state index contributed by atoms with van der Waals surface area (Å²) in [6.07, 6.45) is 1.73. The molecule has 2 aromatic carbocycles. The zero-order valence-electron chi connectivity index (χ0n) is 14.8. The Morgan fingerprint density at radius 1 is 1.14 bits per heavy atom. The van der Waals surface area contributed by atoms with Crippen molar-refractivity contribution >= 4 is 22.5 Å². The van der Waals surface area contributed by atoms with Gasteiger partial charge in [0.25, 0.3) is 0 Å². The van der Waals surface area contributed by atoms with Crippen molar-refractivity contribution in [2.45, 2.75) is 5.92 Å². The molecule has 2 N–H and O–H groups in total. The Kier molecular flexibility index (Phi) is 3.59. The molecular weight excluding hydrogens is 356 g/mol. The quantitative estimate of drug-likeness (QED) is 0.533. The number of nitrogens with one attached hydrogen (secondary N) is 2. The van der Waals surface area contributed by atoms with Gasteiger partial charge >= 0.3 is 0 Å². The molecule has 0 aliphatic carbocycles. The van der Waals surface area contributed by atoms with E-state index in [1.807, 2.05) is 42.5 Å². The van der Waals surface area contributed by atoms with Crippen LogP contribution in [-0.4, -0.2) is 27.6 Å². The Labute approximate surface area is 159 Å². The highest BCUT2D eigenvalue weighted by atomic mass is 16.6. The van der Waals surface area contributed by atoms with Crippen LogP contribution in [0.2, 0.25) is 0 Å². The lowest BCUT2D eigenvalue weighted by molar-refractivity contribution is 0.315. The molecule has 5 rings (SSSR count). The first-order chi connectivity index (χ1) is 13.8. The number of ether oxygens (including phenoxy) is 1. The standard InChI is InChI=1S/C20H14N6O2/c1-21-19-16(13-7-4-8-15-18(13)26-28-25-15)14-10-22-24-20(14)23-17(19)11-5-3-6-12(9-11)27-2/h3-10,16H,2H3,(H2,22,23,24). The summed E-state index contributed by atoms with van der Waals surface area (Å²) in [5.74, 6) is 1.10. The van der Waals surface area contributed by atoms with Crippen molar-refractivity contribution < 1.29 is 9.37 Å². The third kappa shape index (κ3) is 2.34. The van der Waals surface area contributed by atoms with E-state index >= 15 is 0 Å². The lowest BCUT2D eigenvalue weighted by atomic mass is 9.85. The summed E-state index contributed by atoms with van der Waals surface area (Å²) in [5.41, 5.74) is 5.08. The number of methoxy groups -OCH3 is 1. The number of hydrogen-bond acceptors (Lipinski definition) is 6. The molecule has 1 aliphatic heterocycles. The van der Waals surface area contributed by atoms with Crippen molar-refractivity contribution in [2.75, 3.05) is 12.4 Å². The molecule has 136 valence electrons. The third-order valence-corrected chi connectivity index (χ3v) is 4.87. The highest BCUT2D eigenvalue weighted by Crippen LogP contribution is 2.45. The van der Waals surface area contributed by atoms with Crippen molar-refractivity contribution in [3.05, 3.63) is 82.5 Å². The monoisotopic (exact) mass is 370 g/mol. The number of fused-ring (bicyclic) bond motifs is 2. The van der Waals surface area contributed by atoms with E-state index in [9.17, 15) is 0 Å². The van der Waals surface area contributed by atoms with Crippen LogP contribution in [-0.2, 0) is 0 Å². The molecule has 1 aliphatic rings. The fourth-order valence-corrected chi connectivity index (χ4v) is 3.59. The van der Waals surface area contributed by atoms with Crippen LogP contribution in [0, 0.1) is 6.57 Å². The van der Waals surface area contributed by atoms with Gasteiger partial charge in [0.15, 0.2) is 0 Å². The second kappa shape index (κ2) is 6.25. The van der Waals surface area contributed by atoms with Crippen LogP contribution in [0.5, 0.6) is 5.75 Å². The van der Waals surface area contributed by atoms with Gasteiger partial charge < -0.3 is 10.1 Å². The Balaban J connectivity index is 1.78. The average molecular weight is 370 g/mol. The molecule has 3 heterocycles. The van der Waals surface area contributed by atoms with E-state index in [4.69, 9.17) is 15.9 Å². The van der Waals surface area contributed by atoms with E-state index in [0.717, 1.165) is 22.5 Å². The lowest BCUT2D eigenvalue weighted by Crippen LogP contribution is -2.16. The summed E-state index contributed by atoms with van der Waals surface area (Å²) in [6, 6.07) is 13.2. The first-order valence-electron chi connectivity index (χ1n) is 8.57. The van der Waals surface area contributed by atoms with E-state index in [2.05, 4.69) is 30.7 Å². The predicted molar refractivity (Wildman–Crippen MR) is 102 cm³/mol. The zero-order chi connectivity index (χ0) is 19.1. The summed E-state index contributed by atoms with van der Waals surface area (Å²) in [5, 5.41) is 18.5. The minimum absolute atomic E-state index is 0.357. The van der Waals surface area contributed by atoms with Gasteiger partial charge in [0.05, 0.1) is 25.8 Å². The molecule has 4 aromatic rings. The maximum Gasteiger partial charge on any atom is 0.200 e. The fraction of sp³-hybridized carbons (Fsp3) is 0.100. The largest absolute Gasteiger partial charge is 0.497 e. The van der Waals surface area contributed by atoms with Crippen molar-refractivity contribution in [3.63, 3.8) is 0 Å². The van der Waals surface area contributed by atoms with Crippen LogP contribution in [0.25, 0.3) is 21.6 Å². The highest BCUT2D eigenvalue weighted by molar-refractivity contribution is 5.88. The molecule has 1 unspecified atom stereocenters. The summed E-state index contributed by atoms with van der Waals surface area (Å²) in [6.45, 7) is 7.93. The molecule has 28 heavy (non-hydrogen) atoms. The SMILES string of the molecule is [C-]#[N+]C1=C(c2cccc(OC)c2)Nc2[nH]ncc2C1c1cccc2nonc12. The van der Waals surface area contributed by atoms with Crippen molar-refractivity contribution in [1.29, 1.82) is 0 Å². The molecule has 8 nitrogen and oxygen atoms in total. The minimum atomic E-state index is -0.357. The van der Waals surface area contributed by atoms with Gasteiger partial charge in [-0.25, -0.2) is 9.47 Å². The first kappa shape index (κ1) is 16.1. The maximum absolute atomic E-state index is 7.93. The van der Waals surface area contributed by atoms with Gasteiger partial charge in [-0.1, -0.05) is 24.3 Å². The lowest BCUT2D eigenvalue weighted by Gasteiger charge is -2.26. The van der Waals surface area contributed by atoms with E-state index in [1.165, 1.54) is 0 Å². The van der Waals surface area contributed by atoms with Gasteiger partial charge in [-0.2, -0.15) is 5.10 Å². The minimum Gasteiger partial charge on any atom is -0.497 e. The normalized spacial score (nSPS) is 15.8. The van der Waals surface area contributed by atoms with Crippen LogP contribution in [0.3, 0.4) is 0 Å². The number of rotatable bonds is 3.